The average Bonchev–Trinajstić information content (AvgIpc) is 2.78. The molecule has 0 aliphatic carbocycles. The first-order valence-electron chi connectivity index (χ1n) is 10.6. The van der Waals surface area contributed by atoms with Gasteiger partial charge in [0.2, 0.25) is 20.0 Å². The van der Waals surface area contributed by atoms with E-state index in [2.05, 4.69) is 10.0 Å². The molecule has 0 heterocycles. The number of methoxy groups -OCH3 is 1. The molecule has 33 heavy (non-hydrogen) atoms. The number of rotatable bonds is 11. The number of carbonyl (C=O) groups is 1. The highest BCUT2D eigenvalue weighted by atomic mass is 32.2. The highest BCUT2D eigenvalue weighted by molar-refractivity contribution is 7.89. The third-order valence-electron chi connectivity index (χ3n) is 4.85. The molecule has 2 rings (SSSR count). The van der Waals surface area contributed by atoms with Crippen LogP contribution in [0.4, 0.5) is 5.69 Å². The second-order valence-electron chi connectivity index (χ2n) is 7.68. The van der Waals surface area contributed by atoms with Crippen LogP contribution in [0.2, 0.25) is 0 Å². The van der Waals surface area contributed by atoms with Crippen molar-refractivity contribution in [2.45, 2.75) is 37.5 Å². The Kier molecular flexibility index (Phi) is 9.01. The average molecular weight is 498 g/mol. The number of amides is 1. The number of nitrogens with one attached hydrogen (secondary N) is 2. The van der Waals surface area contributed by atoms with Crippen LogP contribution in [0.1, 0.15) is 38.1 Å². The summed E-state index contributed by atoms with van der Waals surface area (Å²) in [7, 11) is -6.13. The van der Waals surface area contributed by atoms with E-state index in [-0.39, 0.29) is 39.3 Å². The number of nitrogens with zero attached hydrogens (tertiary/aromatic N) is 1. The molecule has 0 saturated heterocycles. The monoisotopic (exact) mass is 497 g/mol. The van der Waals surface area contributed by atoms with Gasteiger partial charge in [-0.15, -0.1) is 0 Å². The van der Waals surface area contributed by atoms with Crippen LogP contribution in [-0.2, 0) is 20.0 Å². The zero-order valence-electron chi connectivity index (χ0n) is 19.5. The lowest BCUT2D eigenvalue weighted by Gasteiger charge is -2.19. The van der Waals surface area contributed by atoms with E-state index in [0.29, 0.717) is 13.1 Å². The second kappa shape index (κ2) is 11.1. The van der Waals surface area contributed by atoms with Gasteiger partial charge in [0.05, 0.1) is 22.6 Å². The minimum absolute atomic E-state index is 0.0107. The van der Waals surface area contributed by atoms with Gasteiger partial charge in [0.25, 0.3) is 5.91 Å². The summed E-state index contributed by atoms with van der Waals surface area (Å²) in [6, 6.07) is 9.81. The fourth-order valence-electron chi connectivity index (χ4n) is 3.02. The molecule has 11 heteroatoms. The third-order valence-corrected chi connectivity index (χ3v) is 8.32. The molecule has 182 valence electrons. The molecule has 9 nitrogen and oxygen atoms in total. The number of sulfonamides is 2. The first-order valence-corrected chi connectivity index (χ1v) is 13.5. The molecule has 2 aromatic rings. The van der Waals surface area contributed by atoms with E-state index in [9.17, 15) is 21.6 Å². The molecule has 2 aromatic carbocycles. The number of ether oxygens (including phenoxy) is 1. The van der Waals surface area contributed by atoms with Gasteiger partial charge in [-0.25, -0.2) is 21.6 Å². The molecule has 0 aromatic heterocycles. The standard InChI is InChI=1S/C22H31N3O6S2/c1-6-25(7-2)33(29,30)19-11-12-21(31-5)20(14-19)24-22(26)17-9-8-10-18(13-17)32(27,28)23-15-16(3)4/h8-14,16,23H,6-7,15H2,1-5H3,(H,24,26). The van der Waals surface area contributed by atoms with Crippen molar-refractivity contribution in [1.82, 2.24) is 9.03 Å². The Morgan fingerprint density at radius 2 is 1.67 bits per heavy atom. The van der Waals surface area contributed by atoms with E-state index in [4.69, 9.17) is 4.74 Å². The van der Waals surface area contributed by atoms with Crippen LogP contribution in [0.3, 0.4) is 0 Å². The Hall–Kier alpha value is -2.47. The maximum atomic E-state index is 12.9. The highest BCUT2D eigenvalue weighted by Crippen LogP contribution is 2.29. The number of hydrogen-bond acceptors (Lipinski definition) is 6. The van der Waals surface area contributed by atoms with Crippen LogP contribution in [0, 0.1) is 5.92 Å². The summed E-state index contributed by atoms with van der Waals surface area (Å²) in [5.41, 5.74) is 0.253. The summed E-state index contributed by atoms with van der Waals surface area (Å²) in [5.74, 6) is -0.213. The van der Waals surface area contributed by atoms with Gasteiger partial charge in [0.15, 0.2) is 0 Å². The summed E-state index contributed by atoms with van der Waals surface area (Å²) in [5, 5.41) is 2.63. The highest BCUT2D eigenvalue weighted by Gasteiger charge is 2.24. The molecular weight excluding hydrogens is 466 g/mol. The Bertz CT molecular complexity index is 1190. The van der Waals surface area contributed by atoms with Gasteiger partial charge < -0.3 is 10.1 Å². The largest absolute Gasteiger partial charge is 0.495 e. The predicted octanol–water partition coefficient (Wildman–Crippen LogP) is 2.91. The maximum Gasteiger partial charge on any atom is 0.255 e. The molecule has 0 fully saturated rings. The minimum atomic E-state index is -3.78. The smallest absolute Gasteiger partial charge is 0.255 e. The van der Waals surface area contributed by atoms with Crippen molar-refractivity contribution in [1.29, 1.82) is 0 Å². The molecule has 1 amide bonds. The van der Waals surface area contributed by atoms with Crippen molar-refractivity contribution in [2.75, 3.05) is 32.1 Å². The zero-order valence-corrected chi connectivity index (χ0v) is 21.1. The van der Waals surface area contributed by atoms with E-state index in [1.807, 2.05) is 13.8 Å². The molecule has 0 atom stereocenters. The van der Waals surface area contributed by atoms with Crippen LogP contribution in [0.5, 0.6) is 5.75 Å². The van der Waals surface area contributed by atoms with Crippen molar-refractivity contribution >= 4 is 31.6 Å². The van der Waals surface area contributed by atoms with Crippen LogP contribution in [0.25, 0.3) is 0 Å². The van der Waals surface area contributed by atoms with Crippen molar-refractivity contribution in [3.63, 3.8) is 0 Å². The Balaban J connectivity index is 2.37. The van der Waals surface area contributed by atoms with Crippen LogP contribution in [0.15, 0.2) is 52.3 Å². The number of anilines is 1. The van der Waals surface area contributed by atoms with E-state index >= 15 is 0 Å². The van der Waals surface area contributed by atoms with Crippen molar-refractivity contribution in [3.8, 4) is 5.75 Å². The van der Waals surface area contributed by atoms with Gasteiger partial charge in [-0.2, -0.15) is 4.31 Å². The molecule has 0 unspecified atom stereocenters. The molecule has 0 aliphatic heterocycles. The first kappa shape index (κ1) is 26.8. The molecular formula is C22H31N3O6S2. The normalized spacial score (nSPS) is 12.2. The number of benzene rings is 2. The fourth-order valence-corrected chi connectivity index (χ4v) is 5.76. The molecule has 0 saturated carbocycles. The van der Waals surface area contributed by atoms with Gasteiger partial charge >= 0.3 is 0 Å². The Morgan fingerprint density at radius 1 is 1.00 bits per heavy atom. The van der Waals surface area contributed by atoms with Gasteiger partial charge in [-0.3, -0.25) is 4.79 Å². The summed E-state index contributed by atoms with van der Waals surface area (Å²) >= 11 is 0. The summed E-state index contributed by atoms with van der Waals surface area (Å²) in [4.78, 5) is 12.9. The quantitative estimate of drug-likeness (QED) is 0.492. The minimum Gasteiger partial charge on any atom is -0.495 e. The van der Waals surface area contributed by atoms with Crippen molar-refractivity contribution < 1.29 is 26.4 Å². The lowest BCUT2D eigenvalue weighted by Crippen LogP contribution is -2.30. The third kappa shape index (κ3) is 6.53. The SMILES string of the molecule is CCN(CC)S(=O)(=O)c1ccc(OC)c(NC(=O)c2cccc(S(=O)(=O)NCC(C)C)c2)c1. The summed E-state index contributed by atoms with van der Waals surface area (Å²) in [6.45, 7) is 8.12. The molecule has 0 spiro atoms. The first-order chi connectivity index (χ1) is 15.5. The molecule has 0 bridgehead atoms. The zero-order chi connectivity index (χ0) is 24.8. The molecule has 2 N–H and O–H groups in total. The van der Waals surface area contributed by atoms with Gasteiger partial charge in [0.1, 0.15) is 5.75 Å². The van der Waals surface area contributed by atoms with Gasteiger partial charge in [-0.1, -0.05) is 33.8 Å². The van der Waals surface area contributed by atoms with E-state index in [1.54, 1.807) is 13.8 Å². The van der Waals surface area contributed by atoms with Crippen molar-refractivity contribution in [3.05, 3.63) is 48.0 Å². The molecule has 0 aliphatic rings. The lowest BCUT2D eigenvalue weighted by atomic mass is 10.2. The van der Waals surface area contributed by atoms with Crippen LogP contribution in [-0.4, -0.2) is 53.8 Å². The lowest BCUT2D eigenvalue weighted by molar-refractivity contribution is 0.102. The van der Waals surface area contributed by atoms with Gasteiger partial charge in [-0.05, 0) is 42.3 Å². The predicted molar refractivity (Wildman–Crippen MR) is 128 cm³/mol. The maximum absolute atomic E-state index is 12.9. The fraction of sp³-hybridized carbons (Fsp3) is 0.409. The molecule has 0 radical (unpaired) electrons. The summed E-state index contributed by atoms with van der Waals surface area (Å²) in [6.07, 6.45) is 0. The Labute approximate surface area is 196 Å². The number of hydrogen-bond donors (Lipinski definition) is 2. The summed E-state index contributed by atoms with van der Waals surface area (Å²) < 4.78 is 59.8. The van der Waals surface area contributed by atoms with Gasteiger partial charge in [0, 0.05) is 25.2 Å². The number of carbonyl (C=O) groups excluding carboxylic acids is 1. The Morgan fingerprint density at radius 3 is 2.24 bits per heavy atom. The van der Waals surface area contributed by atoms with E-state index < -0.39 is 26.0 Å². The topological polar surface area (TPSA) is 122 Å². The van der Waals surface area contributed by atoms with E-state index in [0.717, 1.165) is 0 Å². The van der Waals surface area contributed by atoms with Crippen molar-refractivity contribution in [2.24, 2.45) is 5.92 Å². The van der Waals surface area contributed by atoms with Crippen LogP contribution < -0.4 is 14.8 Å². The second-order valence-corrected chi connectivity index (χ2v) is 11.4. The van der Waals surface area contributed by atoms with Crippen LogP contribution >= 0.6 is 0 Å². The van der Waals surface area contributed by atoms with E-state index in [1.165, 1.54) is 53.9 Å².